The number of amides is 2. The van der Waals surface area contributed by atoms with Crippen molar-refractivity contribution in [3.63, 3.8) is 0 Å². The number of carbonyl (C=O) groups excluding carboxylic acids is 2. The molecule has 8 nitrogen and oxygen atoms in total. The zero-order valence-electron chi connectivity index (χ0n) is 15.6. The number of hydrogen-bond donors (Lipinski definition) is 2. The van der Waals surface area contributed by atoms with Crippen molar-refractivity contribution in [2.45, 2.75) is 13.0 Å². The van der Waals surface area contributed by atoms with Gasteiger partial charge >= 0.3 is 0 Å². The van der Waals surface area contributed by atoms with E-state index in [1.807, 2.05) is 42.5 Å². The van der Waals surface area contributed by atoms with Crippen LogP contribution in [0.3, 0.4) is 0 Å². The van der Waals surface area contributed by atoms with E-state index in [1.54, 1.807) is 18.0 Å². The number of piperazine rings is 1. The normalized spacial score (nSPS) is 15.5. The number of rotatable bonds is 4. The highest BCUT2D eigenvalue weighted by Gasteiger charge is 2.27. The van der Waals surface area contributed by atoms with Crippen molar-refractivity contribution in [3.05, 3.63) is 54.4 Å². The molecule has 1 fully saturated rings. The predicted molar refractivity (Wildman–Crippen MR) is 106 cm³/mol. The molecule has 0 radical (unpaired) electrons. The van der Waals surface area contributed by atoms with Gasteiger partial charge in [-0.05, 0) is 25.1 Å². The minimum Gasteiger partial charge on any atom is -0.353 e. The smallest absolute Gasteiger partial charge is 0.273 e. The quantitative estimate of drug-likeness (QED) is 0.716. The Balaban J connectivity index is 1.35. The fourth-order valence-corrected chi connectivity index (χ4v) is 3.43. The van der Waals surface area contributed by atoms with E-state index in [9.17, 15) is 9.59 Å². The number of para-hydroxylation sites is 1. The Morgan fingerprint density at radius 1 is 1.07 bits per heavy atom. The Morgan fingerprint density at radius 2 is 1.82 bits per heavy atom. The molecule has 0 bridgehead atoms. The number of aromatic nitrogens is 3. The lowest BCUT2D eigenvalue weighted by Gasteiger charge is -2.36. The number of fused-ring (bicyclic) bond motifs is 1. The lowest BCUT2D eigenvalue weighted by atomic mass is 10.2. The molecule has 3 heterocycles. The number of nitrogens with one attached hydrogen (secondary N) is 2. The van der Waals surface area contributed by atoms with Gasteiger partial charge in [0, 0.05) is 37.8 Å². The summed E-state index contributed by atoms with van der Waals surface area (Å²) in [4.78, 5) is 33.6. The number of carbonyl (C=O) groups is 2. The molecule has 0 spiro atoms. The molecule has 8 heteroatoms. The molecule has 2 N–H and O–H groups in total. The first-order chi connectivity index (χ1) is 13.6. The highest BCUT2D eigenvalue weighted by molar-refractivity contribution is 6.05. The van der Waals surface area contributed by atoms with Gasteiger partial charge in [-0.3, -0.25) is 14.7 Å². The number of hydrogen-bond acceptors (Lipinski definition) is 5. The zero-order valence-corrected chi connectivity index (χ0v) is 15.6. The molecule has 1 aromatic carbocycles. The summed E-state index contributed by atoms with van der Waals surface area (Å²) in [6.07, 6.45) is 1.77. The monoisotopic (exact) mass is 378 g/mol. The van der Waals surface area contributed by atoms with Gasteiger partial charge in [-0.1, -0.05) is 24.3 Å². The van der Waals surface area contributed by atoms with Gasteiger partial charge in [0.1, 0.15) is 11.9 Å². The maximum Gasteiger partial charge on any atom is 0.273 e. The minimum absolute atomic E-state index is 0.0890. The number of benzene rings is 1. The van der Waals surface area contributed by atoms with E-state index in [-0.39, 0.29) is 11.8 Å². The largest absolute Gasteiger partial charge is 0.353 e. The number of aromatic amines is 1. The van der Waals surface area contributed by atoms with Crippen LogP contribution in [0.25, 0.3) is 10.9 Å². The maximum absolute atomic E-state index is 12.8. The molecule has 3 aromatic rings. The van der Waals surface area contributed by atoms with Gasteiger partial charge in [0.15, 0.2) is 5.69 Å². The highest BCUT2D eigenvalue weighted by atomic mass is 16.2. The average molecular weight is 378 g/mol. The Kier molecular flexibility index (Phi) is 4.92. The first-order valence-electron chi connectivity index (χ1n) is 9.32. The van der Waals surface area contributed by atoms with Crippen LogP contribution in [-0.2, 0) is 4.79 Å². The first kappa shape index (κ1) is 18.0. The van der Waals surface area contributed by atoms with Gasteiger partial charge in [-0.2, -0.15) is 5.10 Å². The van der Waals surface area contributed by atoms with Gasteiger partial charge in [-0.15, -0.1) is 0 Å². The van der Waals surface area contributed by atoms with Crippen molar-refractivity contribution < 1.29 is 9.59 Å². The Bertz CT molecular complexity index is 979. The summed E-state index contributed by atoms with van der Waals surface area (Å²) in [6.45, 7) is 4.34. The average Bonchev–Trinajstić information content (AvgIpc) is 3.18. The summed E-state index contributed by atoms with van der Waals surface area (Å²) >= 11 is 0. The van der Waals surface area contributed by atoms with E-state index < -0.39 is 6.04 Å². The molecule has 2 aromatic heterocycles. The topological polar surface area (TPSA) is 94.2 Å². The third kappa shape index (κ3) is 3.53. The van der Waals surface area contributed by atoms with Crippen LogP contribution in [0.2, 0.25) is 0 Å². The third-order valence-corrected chi connectivity index (χ3v) is 4.97. The van der Waals surface area contributed by atoms with E-state index in [0.717, 1.165) is 16.7 Å². The van der Waals surface area contributed by atoms with Crippen LogP contribution < -0.4 is 10.2 Å². The number of anilines is 1. The third-order valence-electron chi connectivity index (χ3n) is 4.97. The lowest BCUT2D eigenvalue weighted by Crippen LogP contribution is -2.54. The van der Waals surface area contributed by atoms with Crippen LogP contribution in [0.5, 0.6) is 0 Å². The number of nitrogens with zero attached hydrogens (tertiary/aromatic N) is 4. The Labute approximate surface area is 162 Å². The molecule has 1 aliphatic heterocycles. The molecule has 1 atom stereocenters. The molecule has 1 aliphatic rings. The van der Waals surface area contributed by atoms with Crippen molar-refractivity contribution in [3.8, 4) is 0 Å². The summed E-state index contributed by atoms with van der Waals surface area (Å²) in [6, 6.07) is 12.6. The molecule has 0 unspecified atom stereocenters. The zero-order chi connectivity index (χ0) is 19.5. The summed E-state index contributed by atoms with van der Waals surface area (Å²) < 4.78 is 0. The molecular formula is C20H22N6O2. The van der Waals surface area contributed by atoms with Gasteiger partial charge in [0.05, 0.1) is 5.52 Å². The molecule has 4 rings (SSSR count). The van der Waals surface area contributed by atoms with Crippen molar-refractivity contribution in [2.75, 3.05) is 31.1 Å². The lowest BCUT2D eigenvalue weighted by molar-refractivity contribution is -0.133. The van der Waals surface area contributed by atoms with E-state index in [4.69, 9.17) is 0 Å². The van der Waals surface area contributed by atoms with E-state index >= 15 is 0 Å². The van der Waals surface area contributed by atoms with Crippen LogP contribution in [0.1, 0.15) is 17.4 Å². The fourth-order valence-electron chi connectivity index (χ4n) is 3.43. The Hall–Kier alpha value is -3.42. The van der Waals surface area contributed by atoms with Gasteiger partial charge in [0.25, 0.3) is 5.91 Å². The van der Waals surface area contributed by atoms with Crippen LogP contribution in [0, 0.1) is 0 Å². The number of H-pyrrole nitrogens is 1. The van der Waals surface area contributed by atoms with E-state index in [0.29, 0.717) is 31.9 Å². The van der Waals surface area contributed by atoms with Gasteiger partial charge in [-0.25, -0.2) is 4.98 Å². The maximum atomic E-state index is 12.8. The van der Waals surface area contributed by atoms with Crippen LogP contribution in [-0.4, -0.2) is 64.1 Å². The van der Waals surface area contributed by atoms with Crippen LogP contribution >= 0.6 is 0 Å². The molecule has 2 amide bonds. The van der Waals surface area contributed by atoms with Crippen molar-refractivity contribution >= 4 is 28.5 Å². The molecular weight excluding hydrogens is 356 g/mol. The summed E-state index contributed by atoms with van der Waals surface area (Å²) in [5.74, 6) is 0.473. The first-order valence-corrected chi connectivity index (χ1v) is 9.32. The second-order valence-corrected chi connectivity index (χ2v) is 6.81. The van der Waals surface area contributed by atoms with Crippen molar-refractivity contribution in [2.24, 2.45) is 0 Å². The minimum atomic E-state index is -0.621. The summed E-state index contributed by atoms with van der Waals surface area (Å²) in [5.41, 5.74) is 1.09. The van der Waals surface area contributed by atoms with Crippen LogP contribution in [0.15, 0.2) is 48.7 Å². The predicted octanol–water partition coefficient (Wildman–Crippen LogP) is 1.42. The van der Waals surface area contributed by atoms with Gasteiger partial charge < -0.3 is 15.1 Å². The fraction of sp³-hybridized carbons (Fsp3) is 0.300. The second-order valence-electron chi connectivity index (χ2n) is 6.81. The number of pyridine rings is 1. The summed E-state index contributed by atoms with van der Waals surface area (Å²) in [7, 11) is 0. The SMILES string of the molecule is C[C@H](NC(=O)c1n[nH]c2ccccc12)C(=O)N1CCN(c2ccccn2)CC1. The molecule has 0 aliphatic carbocycles. The highest BCUT2D eigenvalue weighted by Crippen LogP contribution is 2.16. The van der Waals surface area contributed by atoms with Gasteiger partial charge in [0.2, 0.25) is 5.91 Å². The molecule has 1 saturated heterocycles. The van der Waals surface area contributed by atoms with Crippen molar-refractivity contribution in [1.29, 1.82) is 0 Å². The van der Waals surface area contributed by atoms with Crippen LogP contribution in [0.4, 0.5) is 5.82 Å². The molecule has 144 valence electrons. The van der Waals surface area contributed by atoms with E-state index in [1.165, 1.54) is 0 Å². The van der Waals surface area contributed by atoms with Crippen molar-refractivity contribution in [1.82, 2.24) is 25.4 Å². The molecule has 28 heavy (non-hydrogen) atoms. The summed E-state index contributed by atoms with van der Waals surface area (Å²) in [5, 5.41) is 10.4. The Morgan fingerprint density at radius 3 is 2.57 bits per heavy atom. The standard InChI is InChI=1S/C20H22N6O2/c1-14(22-19(27)18-15-6-2-3-7-16(15)23-24-18)20(28)26-12-10-25(11-13-26)17-8-4-5-9-21-17/h2-9,14H,10-13H2,1H3,(H,22,27)(H,23,24)/t14-/m0/s1. The molecule has 0 saturated carbocycles. The second kappa shape index (κ2) is 7.67. The van der Waals surface area contributed by atoms with E-state index in [2.05, 4.69) is 25.4 Å².